The van der Waals surface area contributed by atoms with E-state index in [1.165, 1.54) is 0 Å². The zero-order chi connectivity index (χ0) is 12.4. The SMILES string of the molecule is CCCCC(CC)COC(=O)C(C#N)CO. The van der Waals surface area contributed by atoms with Gasteiger partial charge in [0.05, 0.1) is 19.3 Å². The highest BCUT2D eigenvalue weighted by molar-refractivity contribution is 5.75. The molecule has 0 aromatic rings. The number of rotatable bonds is 8. The molecule has 0 aromatic carbocycles. The van der Waals surface area contributed by atoms with Crippen molar-refractivity contribution in [2.45, 2.75) is 39.5 Å². The molecule has 2 unspecified atom stereocenters. The van der Waals surface area contributed by atoms with Crippen molar-refractivity contribution in [3.05, 3.63) is 0 Å². The van der Waals surface area contributed by atoms with Gasteiger partial charge in [0.2, 0.25) is 0 Å². The van der Waals surface area contributed by atoms with Crippen molar-refractivity contribution in [1.82, 2.24) is 0 Å². The molecule has 0 aromatic heterocycles. The Kier molecular flexibility index (Phi) is 8.55. The Hall–Kier alpha value is -1.08. The van der Waals surface area contributed by atoms with Gasteiger partial charge in [-0.1, -0.05) is 33.1 Å². The van der Waals surface area contributed by atoms with E-state index in [4.69, 9.17) is 15.1 Å². The van der Waals surface area contributed by atoms with Crippen LogP contribution in [0.1, 0.15) is 39.5 Å². The van der Waals surface area contributed by atoms with Crippen LogP contribution in [-0.2, 0) is 9.53 Å². The fourth-order valence-corrected chi connectivity index (χ4v) is 1.37. The van der Waals surface area contributed by atoms with Gasteiger partial charge in [-0.25, -0.2) is 0 Å². The smallest absolute Gasteiger partial charge is 0.325 e. The molecule has 2 atom stereocenters. The van der Waals surface area contributed by atoms with Crippen molar-refractivity contribution in [2.24, 2.45) is 11.8 Å². The first-order valence-electron chi connectivity index (χ1n) is 5.86. The third-order valence-corrected chi connectivity index (χ3v) is 2.63. The summed E-state index contributed by atoms with van der Waals surface area (Å²) < 4.78 is 5.01. The van der Waals surface area contributed by atoms with Gasteiger partial charge in [0.25, 0.3) is 0 Å². The molecule has 0 saturated carbocycles. The largest absolute Gasteiger partial charge is 0.464 e. The van der Waals surface area contributed by atoms with E-state index in [0.29, 0.717) is 12.5 Å². The van der Waals surface area contributed by atoms with Crippen LogP contribution >= 0.6 is 0 Å². The Bertz CT molecular complexity index is 235. The molecule has 0 heterocycles. The van der Waals surface area contributed by atoms with E-state index in [1.807, 2.05) is 0 Å². The van der Waals surface area contributed by atoms with Crippen LogP contribution in [0.2, 0.25) is 0 Å². The van der Waals surface area contributed by atoms with E-state index >= 15 is 0 Å². The number of unbranched alkanes of at least 4 members (excludes halogenated alkanes) is 1. The molecule has 0 spiro atoms. The number of nitrogens with zero attached hydrogens (tertiary/aromatic N) is 1. The van der Waals surface area contributed by atoms with Gasteiger partial charge >= 0.3 is 5.97 Å². The molecule has 16 heavy (non-hydrogen) atoms. The van der Waals surface area contributed by atoms with Crippen LogP contribution in [0.4, 0.5) is 0 Å². The molecule has 0 radical (unpaired) electrons. The van der Waals surface area contributed by atoms with Crippen molar-refractivity contribution in [1.29, 1.82) is 5.26 Å². The summed E-state index contributed by atoms with van der Waals surface area (Å²) >= 11 is 0. The van der Waals surface area contributed by atoms with Crippen molar-refractivity contribution in [3.63, 3.8) is 0 Å². The summed E-state index contributed by atoms with van der Waals surface area (Å²) in [7, 11) is 0. The van der Waals surface area contributed by atoms with E-state index < -0.39 is 18.5 Å². The average Bonchev–Trinajstić information content (AvgIpc) is 2.31. The van der Waals surface area contributed by atoms with Gasteiger partial charge in [0.15, 0.2) is 5.92 Å². The van der Waals surface area contributed by atoms with Crippen LogP contribution < -0.4 is 0 Å². The van der Waals surface area contributed by atoms with Gasteiger partial charge in [-0.3, -0.25) is 4.79 Å². The van der Waals surface area contributed by atoms with Gasteiger partial charge in [-0.15, -0.1) is 0 Å². The maximum Gasteiger partial charge on any atom is 0.325 e. The van der Waals surface area contributed by atoms with Crippen LogP contribution in [0.3, 0.4) is 0 Å². The number of aliphatic hydroxyl groups excluding tert-OH is 1. The summed E-state index contributed by atoms with van der Waals surface area (Å²) in [5, 5.41) is 17.3. The van der Waals surface area contributed by atoms with Crippen LogP contribution in [0.5, 0.6) is 0 Å². The van der Waals surface area contributed by atoms with Crippen molar-refractivity contribution in [2.75, 3.05) is 13.2 Å². The number of carbonyl (C=O) groups is 1. The Balaban J connectivity index is 3.92. The molecule has 0 rings (SSSR count). The van der Waals surface area contributed by atoms with E-state index in [9.17, 15) is 4.79 Å². The molecule has 0 aliphatic carbocycles. The number of hydrogen-bond acceptors (Lipinski definition) is 4. The minimum absolute atomic E-state index is 0.355. The molecule has 0 amide bonds. The Morgan fingerprint density at radius 2 is 2.19 bits per heavy atom. The normalized spacial score (nSPS) is 13.9. The summed E-state index contributed by atoms with van der Waals surface area (Å²) in [6.07, 6.45) is 4.25. The second-order valence-corrected chi connectivity index (χ2v) is 3.91. The maximum atomic E-state index is 11.3. The molecule has 0 aliphatic heterocycles. The Labute approximate surface area is 97.2 Å². The molecule has 0 aliphatic rings. The highest BCUT2D eigenvalue weighted by atomic mass is 16.5. The number of aliphatic hydroxyl groups is 1. The lowest BCUT2D eigenvalue weighted by molar-refractivity contribution is -0.149. The average molecular weight is 227 g/mol. The lowest BCUT2D eigenvalue weighted by Crippen LogP contribution is -2.22. The predicted molar refractivity (Wildman–Crippen MR) is 60.5 cm³/mol. The predicted octanol–water partition coefficient (Wildman–Crippen LogP) is 1.88. The van der Waals surface area contributed by atoms with Gasteiger partial charge in [-0.05, 0) is 12.3 Å². The van der Waals surface area contributed by atoms with Crippen LogP contribution in [0.15, 0.2) is 0 Å². The lowest BCUT2D eigenvalue weighted by atomic mass is 10.0. The summed E-state index contributed by atoms with van der Waals surface area (Å²) in [6, 6.07) is 1.71. The molecule has 92 valence electrons. The number of ether oxygens (including phenoxy) is 1. The van der Waals surface area contributed by atoms with Gasteiger partial charge in [0.1, 0.15) is 0 Å². The summed E-state index contributed by atoms with van der Waals surface area (Å²) in [5.41, 5.74) is 0. The number of nitriles is 1. The highest BCUT2D eigenvalue weighted by Crippen LogP contribution is 2.13. The molecular formula is C12H21NO3. The van der Waals surface area contributed by atoms with Gasteiger partial charge < -0.3 is 9.84 Å². The minimum Gasteiger partial charge on any atom is -0.464 e. The Morgan fingerprint density at radius 1 is 1.50 bits per heavy atom. The summed E-state index contributed by atoms with van der Waals surface area (Å²) in [5.74, 6) is -1.29. The van der Waals surface area contributed by atoms with E-state index in [1.54, 1.807) is 6.07 Å². The molecule has 0 bridgehead atoms. The van der Waals surface area contributed by atoms with Crippen molar-refractivity contribution in [3.8, 4) is 6.07 Å². The quantitative estimate of drug-likeness (QED) is 0.643. The minimum atomic E-state index is -1.04. The zero-order valence-corrected chi connectivity index (χ0v) is 10.1. The molecule has 0 fully saturated rings. The van der Waals surface area contributed by atoms with Crippen LogP contribution in [0, 0.1) is 23.2 Å². The zero-order valence-electron chi connectivity index (χ0n) is 10.1. The maximum absolute atomic E-state index is 11.3. The topological polar surface area (TPSA) is 70.3 Å². The lowest BCUT2D eigenvalue weighted by Gasteiger charge is -2.15. The standard InChI is InChI=1S/C12H21NO3/c1-3-5-6-10(4-2)9-16-12(15)11(7-13)8-14/h10-11,14H,3-6,8-9H2,1-2H3. The third kappa shape index (κ3) is 5.72. The first-order chi connectivity index (χ1) is 7.69. The second kappa shape index (κ2) is 9.17. The highest BCUT2D eigenvalue weighted by Gasteiger charge is 2.19. The number of carbonyl (C=O) groups excluding carboxylic acids is 1. The fourth-order valence-electron chi connectivity index (χ4n) is 1.37. The number of hydrogen-bond donors (Lipinski definition) is 1. The van der Waals surface area contributed by atoms with Crippen LogP contribution in [-0.4, -0.2) is 24.3 Å². The number of esters is 1. The third-order valence-electron chi connectivity index (χ3n) is 2.63. The van der Waals surface area contributed by atoms with E-state index in [-0.39, 0.29) is 0 Å². The molecule has 4 heteroatoms. The fraction of sp³-hybridized carbons (Fsp3) is 0.833. The summed E-state index contributed by atoms with van der Waals surface area (Å²) in [6.45, 7) is 4.06. The summed E-state index contributed by atoms with van der Waals surface area (Å²) in [4.78, 5) is 11.3. The monoisotopic (exact) mass is 227 g/mol. The van der Waals surface area contributed by atoms with Crippen molar-refractivity contribution >= 4 is 5.97 Å². The molecule has 0 saturated heterocycles. The second-order valence-electron chi connectivity index (χ2n) is 3.91. The van der Waals surface area contributed by atoms with E-state index in [0.717, 1.165) is 25.7 Å². The van der Waals surface area contributed by atoms with Gasteiger partial charge in [0, 0.05) is 0 Å². The Morgan fingerprint density at radius 3 is 2.62 bits per heavy atom. The molecule has 1 N–H and O–H groups in total. The van der Waals surface area contributed by atoms with Crippen molar-refractivity contribution < 1.29 is 14.6 Å². The molecular weight excluding hydrogens is 206 g/mol. The first kappa shape index (κ1) is 14.9. The van der Waals surface area contributed by atoms with Gasteiger partial charge in [-0.2, -0.15) is 5.26 Å². The van der Waals surface area contributed by atoms with E-state index in [2.05, 4.69) is 13.8 Å². The first-order valence-corrected chi connectivity index (χ1v) is 5.86. The molecule has 4 nitrogen and oxygen atoms in total. The van der Waals surface area contributed by atoms with Crippen LogP contribution in [0.25, 0.3) is 0 Å².